The molecule has 0 aliphatic heterocycles. The average Bonchev–Trinajstić information content (AvgIpc) is 3.44. The van der Waals surface area contributed by atoms with Crippen LogP contribution in [0.3, 0.4) is 0 Å². The third-order valence-electron chi connectivity index (χ3n) is 8.36. The predicted octanol–water partition coefficient (Wildman–Crippen LogP) is 8.42. The topological polar surface area (TPSA) is 43.4 Å². The molecular weight excluding hydrogens is 480 g/mol. The van der Waals surface area contributed by atoms with E-state index in [1.165, 1.54) is 35.1 Å². The molecule has 1 fully saturated rings. The van der Waals surface area contributed by atoms with Crippen molar-refractivity contribution in [3.8, 4) is 5.75 Å². The fourth-order valence-electron chi connectivity index (χ4n) is 6.27. The summed E-state index contributed by atoms with van der Waals surface area (Å²) in [6.45, 7) is 8.33. The lowest BCUT2D eigenvalue weighted by Gasteiger charge is -2.33. The minimum Gasteiger partial charge on any atom is -0.422 e. The van der Waals surface area contributed by atoms with E-state index in [1.807, 2.05) is 62.4 Å². The Kier molecular flexibility index (Phi) is 7.52. The second-order valence-electron chi connectivity index (χ2n) is 11.0. The lowest BCUT2D eigenvalue weighted by molar-refractivity contribution is 0.0732. The zero-order chi connectivity index (χ0) is 27.6. The minimum atomic E-state index is -0.336. The largest absolute Gasteiger partial charge is 0.422 e. The summed E-state index contributed by atoms with van der Waals surface area (Å²) in [4.78, 5) is 25.8. The van der Waals surface area contributed by atoms with E-state index >= 15 is 0 Å². The van der Waals surface area contributed by atoms with E-state index in [9.17, 15) is 9.59 Å². The van der Waals surface area contributed by atoms with Gasteiger partial charge in [-0.15, -0.1) is 0 Å². The average molecular weight is 517 g/mol. The van der Waals surface area contributed by atoms with E-state index in [4.69, 9.17) is 4.74 Å². The van der Waals surface area contributed by atoms with Crippen LogP contribution in [0.25, 0.3) is 0 Å². The van der Waals surface area contributed by atoms with Gasteiger partial charge in [0.15, 0.2) is 5.78 Å². The smallest absolute Gasteiger partial charge is 0.343 e. The van der Waals surface area contributed by atoms with Gasteiger partial charge in [0.25, 0.3) is 0 Å². The van der Waals surface area contributed by atoms with Crippen LogP contribution >= 0.6 is 0 Å². The molecule has 0 atom stereocenters. The number of rotatable bonds is 7. The Morgan fingerprint density at radius 2 is 1.13 bits per heavy atom. The molecule has 4 aromatic carbocycles. The van der Waals surface area contributed by atoms with Crippen molar-refractivity contribution in [2.24, 2.45) is 0 Å². The molecule has 5 rings (SSSR count). The van der Waals surface area contributed by atoms with Crippen LogP contribution in [-0.2, 0) is 11.8 Å². The van der Waals surface area contributed by atoms with Crippen LogP contribution in [0.1, 0.15) is 85.3 Å². The van der Waals surface area contributed by atoms with Gasteiger partial charge < -0.3 is 4.74 Å². The maximum atomic E-state index is 13.0. The molecule has 3 heteroatoms. The molecule has 0 spiro atoms. The number of aryl methyl sites for hydroxylation is 4. The fraction of sp³-hybridized carbons (Fsp3) is 0.278. The molecule has 1 saturated carbocycles. The molecule has 0 N–H and O–H groups in total. The van der Waals surface area contributed by atoms with E-state index in [0.717, 1.165) is 35.1 Å². The van der Waals surface area contributed by atoms with Crippen LogP contribution in [0.15, 0.2) is 84.9 Å². The lowest BCUT2D eigenvalue weighted by Crippen LogP contribution is -2.25. The summed E-state index contributed by atoms with van der Waals surface area (Å²) in [5, 5.41) is 0. The van der Waals surface area contributed by atoms with Crippen LogP contribution in [0.2, 0.25) is 0 Å². The first kappa shape index (κ1) is 26.6. The molecule has 198 valence electrons. The minimum absolute atomic E-state index is 0.0883. The Morgan fingerprint density at radius 3 is 1.64 bits per heavy atom. The Bertz CT molecular complexity index is 1350. The molecule has 0 amide bonds. The van der Waals surface area contributed by atoms with Gasteiger partial charge in [0.2, 0.25) is 0 Å². The monoisotopic (exact) mass is 516 g/mol. The van der Waals surface area contributed by atoms with E-state index in [2.05, 4.69) is 38.1 Å². The van der Waals surface area contributed by atoms with Gasteiger partial charge in [0.1, 0.15) is 5.75 Å². The van der Waals surface area contributed by atoms with Gasteiger partial charge in [-0.3, -0.25) is 4.79 Å². The lowest BCUT2D eigenvalue weighted by atomic mass is 9.71. The number of benzene rings is 4. The molecule has 0 radical (unpaired) electrons. The zero-order valence-electron chi connectivity index (χ0n) is 23.3. The van der Waals surface area contributed by atoms with Gasteiger partial charge in [0, 0.05) is 17.4 Å². The Labute approximate surface area is 231 Å². The number of ketones is 1. The van der Waals surface area contributed by atoms with E-state index in [-0.39, 0.29) is 17.2 Å². The van der Waals surface area contributed by atoms with Crippen LogP contribution in [0.4, 0.5) is 0 Å². The third-order valence-corrected chi connectivity index (χ3v) is 8.36. The summed E-state index contributed by atoms with van der Waals surface area (Å²) in [7, 11) is 0. The third kappa shape index (κ3) is 5.31. The van der Waals surface area contributed by atoms with Gasteiger partial charge in [0.05, 0.1) is 5.56 Å². The maximum Gasteiger partial charge on any atom is 0.343 e. The van der Waals surface area contributed by atoms with E-state index < -0.39 is 0 Å². The van der Waals surface area contributed by atoms with Crippen molar-refractivity contribution >= 4 is 11.8 Å². The van der Waals surface area contributed by atoms with E-state index in [1.54, 1.807) is 12.1 Å². The maximum absolute atomic E-state index is 13.0. The summed E-state index contributed by atoms with van der Waals surface area (Å²) in [6, 6.07) is 27.7. The highest BCUT2D eigenvalue weighted by atomic mass is 16.5. The quantitative estimate of drug-likeness (QED) is 0.141. The molecule has 4 aromatic rings. The van der Waals surface area contributed by atoms with Crippen molar-refractivity contribution in [3.05, 3.63) is 135 Å². The number of hydrogen-bond donors (Lipinski definition) is 0. The first-order valence-corrected chi connectivity index (χ1v) is 13.9. The number of ether oxygens (including phenoxy) is 1. The van der Waals surface area contributed by atoms with Gasteiger partial charge in [-0.2, -0.15) is 0 Å². The normalized spacial score (nSPS) is 14.3. The highest BCUT2D eigenvalue weighted by Gasteiger charge is 2.38. The van der Waals surface area contributed by atoms with Crippen molar-refractivity contribution in [1.82, 2.24) is 0 Å². The first-order chi connectivity index (χ1) is 18.8. The van der Waals surface area contributed by atoms with Crippen LogP contribution in [0.5, 0.6) is 5.75 Å². The molecule has 3 nitrogen and oxygen atoms in total. The van der Waals surface area contributed by atoms with Gasteiger partial charge in [-0.25, -0.2) is 4.79 Å². The molecule has 0 aromatic heterocycles. The van der Waals surface area contributed by atoms with Crippen LogP contribution in [0, 0.1) is 27.7 Å². The first-order valence-electron chi connectivity index (χ1n) is 13.9. The Hall–Kier alpha value is -3.98. The van der Waals surface area contributed by atoms with Gasteiger partial charge in [-0.05, 0) is 91.6 Å². The SMILES string of the molecule is Cc1cc(C2(c3cc(C)c(OC(=O)c4ccccc4)c(C)c3)CCCC2)cc(C)c1CC(=O)c1ccccc1. The molecule has 0 heterocycles. The van der Waals surface area contributed by atoms with Crippen molar-refractivity contribution in [2.75, 3.05) is 0 Å². The molecular formula is C36H36O3. The molecule has 1 aliphatic rings. The number of hydrogen-bond acceptors (Lipinski definition) is 3. The molecule has 0 bridgehead atoms. The second kappa shape index (κ2) is 11.0. The Morgan fingerprint density at radius 1 is 0.667 bits per heavy atom. The predicted molar refractivity (Wildman–Crippen MR) is 157 cm³/mol. The van der Waals surface area contributed by atoms with E-state index in [0.29, 0.717) is 17.7 Å². The molecule has 1 aliphatic carbocycles. The highest BCUT2D eigenvalue weighted by Crippen LogP contribution is 2.48. The van der Waals surface area contributed by atoms with Crippen LogP contribution in [-0.4, -0.2) is 11.8 Å². The summed E-state index contributed by atoms with van der Waals surface area (Å²) in [5.74, 6) is 0.455. The summed E-state index contributed by atoms with van der Waals surface area (Å²) >= 11 is 0. The summed E-state index contributed by atoms with van der Waals surface area (Å²) < 4.78 is 5.87. The number of carbonyl (C=O) groups excluding carboxylic acids is 2. The Balaban J connectivity index is 1.47. The van der Waals surface area contributed by atoms with Crippen molar-refractivity contribution in [2.45, 2.75) is 65.2 Å². The number of carbonyl (C=O) groups is 2. The number of Topliss-reactive ketones (excluding diaryl/α,β-unsaturated/α-hetero) is 1. The molecule has 0 unspecified atom stereocenters. The second-order valence-corrected chi connectivity index (χ2v) is 11.0. The van der Waals surface area contributed by atoms with Crippen molar-refractivity contribution in [1.29, 1.82) is 0 Å². The zero-order valence-corrected chi connectivity index (χ0v) is 23.3. The summed E-state index contributed by atoms with van der Waals surface area (Å²) in [6.07, 6.45) is 4.92. The number of esters is 1. The van der Waals surface area contributed by atoms with Gasteiger partial charge >= 0.3 is 5.97 Å². The van der Waals surface area contributed by atoms with Gasteiger partial charge in [-0.1, -0.05) is 85.6 Å². The standard InChI is InChI=1S/C36H36O3/c1-24-19-30(20-25(2)32(24)23-33(37)28-13-7-5-8-14-28)36(17-11-12-18-36)31-21-26(3)34(27(4)22-31)39-35(38)29-15-9-6-10-16-29/h5-10,13-16,19-22H,11-12,17-18,23H2,1-4H3. The highest BCUT2D eigenvalue weighted by molar-refractivity contribution is 5.97. The molecule has 0 saturated heterocycles. The van der Waals surface area contributed by atoms with Crippen molar-refractivity contribution in [3.63, 3.8) is 0 Å². The van der Waals surface area contributed by atoms with Crippen molar-refractivity contribution < 1.29 is 14.3 Å². The van der Waals surface area contributed by atoms with Crippen LogP contribution < -0.4 is 4.74 Å². The molecule has 39 heavy (non-hydrogen) atoms. The fourth-order valence-corrected chi connectivity index (χ4v) is 6.27. The summed E-state index contributed by atoms with van der Waals surface area (Å²) in [5.41, 5.74) is 9.21.